The largest absolute Gasteiger partial charge is 0.484 e. The summed E-state index contributed by atoms with van der Waals surface area (Å²) in [5.41, 5.74) is 0.461. The van der Waals surface area contributed by atoms with Crippen molar-refractivity contribution in [2.45, 2.75) is 26.3 Å². The van der Waals surface area contributed by atoms with Gasteiger partial charge in [0.05, 0.1) is 5.41 Å². The maximum atomic E-state index is 12.8. The van der Waals surface area contributed by atoms with E-state index in [1.54, 1.807) is 29.2 Å². The summed E-state index contributed by atoms with van der Waals surface area (Å²) in [5, 5.41) is 3.63. The molecule has 28 heavy (non-hydrogen) atoms. The van der Waals surface area contributed by atoms with E-state index in [1.165, 1.54) is 0 Å². The van der Waals surface area contributed by atoms with Crippen LogP contribution in [0.5, 0.6) is 5.75 Å². The van der Waals surface area contributed by atoms with Crippen molar-refractivity contribution in [3.63, 3.8) is 0 Å². The van der Waals surface area contributed by atoms with Crippen LogP contribution in [-0.2, 0) is 16.1 Å². The minimum Gasteiger partial charge on any atom is -0.484 e. The van der Waals surface area contributed by atoms with Crippen molar-refractivity contribution < 1.29 is 14.3 Å². The second-order valence-electron chi connectivity index (χ2n) is 7.39. The van der Waals surface area contributed by atoms with Gasteiger partial charge in [0.15, 0.2) is 6.61 Å². The summed E-state index contributed by atoms with van der Waals surface area (Å²) in [5.74, 6) is 0.460. The van der Waals surface area contributed by atoms with Crippen LogP contribution in [0.2, 0.25) is 5.02 Å². The molecule has 0 radical (unpaired) electrons. The molecular formula is C22H25ClN2O3. The van der Waals surface area contributed by atoms with Gasteiger partial charge in [-0.05, 0) is 49.6 Å². The van der Waals surface area contributed by atoms with Crippen molar-refractivity contribution >= 4 is 23.4 Å². The zero-order valence-corrected chi connectivity index (χ0v) is 16.7. The normalized spacial score (nSPS) is 19.1. The number of hydrogen-bond donors (Lipinski definition) is 1. The van der Waals surface area contributed by atoms with Crippen molar-refractivity contribution in [2.24, 2.45) is 5.41 Å². The summed E-state index contributed by atoms with van der Waals surface area (Å²) in [4.78, 5) is 27.1. The molecule has 1 fully saturated rings. The van der Waals surface area contributed by atoms with Crippen LogP contribution in [0, 0.1) is 5.41 Å². The van der Waals surface area contributed by atoms with Crippen LogP contribution in [-0.4, -0.2) is 36.4 Å². The molecule has 1 aliphatic heterocycles. The van der Waals surface area contributed by atoms with E-state index in [0.717, 1.165) is 18.4 Å². The van der Waals surface area contributed by atoms with Gasteiger partial charge in [0, 0.05) is 24.7 Å². The monoisotopic (exact) mass is 400 g/mol. The van der Waals surface area contributed by atoms with E-state index in [1.807, 2.05) is 37.3 Å². The molecule has 2 amide bonds. The molecule has 1 atom stereocenters. The van der Waals surface area contributed by atoms with Gasteiger partial charge in [-0.25, -0.2) is 0 Å². The zero-order valence-electron chi connectivity index (χ0n) is 16.0. The second kappa shape index (κ2) is 9.11. The van der Waals surface area contributed by atoms with E-state index >= 15 is 0 Å². The van der Waals surface area contributed by atoms with Gasteiger partial charge in [0.1, 0.15) is 5.75 Å². The minimum absolute atomic E-state index is 0.0209. The molecule has 1 heterocycles. The van der Waals surface area contributed by atoms with Crippen LogP contribution in [0.3, 0.4) is 0 Å². The molecule has 0 unspecified atom stereocenters. The van der Waals surface area contributed by atoms with Crippen LogP contribution >= 0.6 is 11.6 Å². The summed E-state index contributed by atoms with van der Waals surface area (Å²) in [6.45, 7) is 3.40. The lowest BCUT2D eigenvalue weighted by Gasteiger charge is -2.39. The lowest BCUT2D eigenvalue weighted by atomic mass is 9.81. The Bertz CT molecular complexity index is 810. The number of nitrogens with one attached hydrogen (secondary N) is 1. The summed E-state index contributed by atoms with van der Waals surface area (Å²) < 4.78 is 5.56. The van der Waals surface area contributed by atoms with E-state index in [4.69, 9.17) is 16.3 Å². The average Bonchev–Trinajstić information content (AvgIpc) is 2.72. The van der Waals surface area contributed by atoms with Crippen LogP contribution in [0.1, 0.15) is 25.3 Å². The highest BCUT2D eigenvalue weighted by Crippen LogP contribution is 2.30. The van der Waals surface area contributed by atoms with Gasteiger partial charge in [-0.2, -0.15) is 0 Å². The molecule has 0 saturated carbocycles. The van der Waals surface area contributed by atoms with Gasteiger partial charge < -0.3 is 15.0 Å². The molecule has 1 saturated heterocycles. The second-order valence-corrected chi connectivity index (χ2v) is 7.83. The first-order chi connectivity index (χ1) is 13.5. The Balaban J connectivity index is 1.53. The lowest BCUT2D eigenvalue weighted by Crippen LogP contribution is -2.52. The SMILES string of the molecule is C[C@@]1(C(=O)NCc2ccccc2)CCCN(C(=O)COc2ccc(Cl)cc2)C1. The number of ether oxygens (including phenoxy) is 1. The number of piperidine rings is 1. The van der Waals surface area contributed by atoms with Gasteiger partial charge in [-0.3, -0.25) is 9.59 Å². The molecule has 148 valence electrons. The third-order valence-corrected chi connectivity index (χ3v) is 5.32. The Labute approximate surface area is 170 Å². The van der Waals surface area contributed by atoms with Crippen molar-refractivity contribution in [1.82, 2.24) is 10.2 Å². The summed E-state index contributed by atoms with van der Waals surface area (Å²) in [7, 11) is 0. The molecule has 0 aliphatic carbocycles. The maximum Gasteiger partial charge on any atom is 0.260 e. The molecule has 1 aliphatic rings. The fraction of sp³-hybridized carbons (Fsp3) is 0.364. The smallest absolute Gasteiger partial charge is 0.260 e. The predicted molar refractivity (Wildman–Crippen MR) is 109 cm³/mol. The van der Waals surface area contributed by atoms with E-state index in [0.29, 0.717) is 30.4 Å². The molecule has 1 N–H and O–H groups in total. The predicted octanol–water partition coefficient (Wildman–Crippen LogP) is 3.66. The highest BCUT2D eigenvalue weighted by Gasteiger charge is 2.39. The van der Waals surface area contributed by atoms with Gasteiger partial charge in [0.2, 0.25) is 5.91 Å². The fourth-order valence-electron chi connectivity index (χ4n) is 3.40. The van der Waals surface area contributed by atoms with E-state index in [-0.39, 0.29) is 18.4 Å². The molecule has 2 aromatic carbocycles. The number of amides is 2. The zero-order chi connectivity index (χ0) is 20.0. The first-order valence-corrected chi connectivity index (χ1v) is 9.82. The van der Waals surface area contributed by atoms with Crippen molar-refractivity contribution in [3.8, 4) is 5.75 Å². The van der Waals surface area contributed by atoms with E-state index < -0.39 is 5.41 Å². The molecule has 2 aromatic rings. The molecule has 0 spiro atoms. The molecule has 3 rings (SSSR count). The summed E-state index contributed by atoms with van der Waals surface area (Å²) >= 11 is 5.85. The Kier molecular flexibility index (Phi) is 6.57. The molecule has 6 heteroatoms. The average molecular weight is 401 g/mol. The molecule has 0 bridgehead atoms. The van der Waals surface area contributed by atoms with Crippen LogP contribution in [0.25, 0.3) is 0 Å². The number of nitrogens with zero attached hydrogens (tertiary/aromatic N) is 1. The van der Waals surface area contributed by atoms with Gasteiger partial charge in [-0.1, -0.05) is 41.9 Å². The number of rotatable bonds is 6. The van der Waals surface area contributed by atoms with E-state index in [2.05, 4.69) is 5.32 Å². The van der Waals surface area contributed by atoms with Crippen molar-refractivity contribution in [1.29, 1.82) is 0 Å². The van der Waals surface area contributed by atoms with Gasteiger partial charge >= 0.3 is 0 Å². The number of benzene rings is 2. The van der Waals surface area contributed by atoms with E-state index in [9.17, 15) is 9.59 Å². The standard InChI is InChI=1S/C22H25ClN2O3/c1-22(21(27)24-14-17-6-3-2-4-7-17)12-5-13-25(16-22)20(26)15-28-19-10-8-18(23)9-11-19/h2-4,6-11H,5,12-16H2,1H3,(H,24,27)/t22-/m1/s1. The summed E-state index contributed by atoms with van der Waals surface area (Å²) in [6, 6.07) is 16.7. The quantitative estimate of drug-likeness (QED) is 0.804. The summed E-state index contributed by atoms with van der Waals surface area (Å²) in [6.07, 6.45) is 1.55. The first-order valence-electron chi connectivity index (χ1n) is 9.45. The van der Waals surface area contributed by atoms with Gasteiger partial charge in [0.25, 0.3) is 5.91 Å². The number of halogens is 1. The van der Waals surface area contributed by atoms with Crippen molar-refractivity contribution in [2.75, 3.05) is 19.7 Å². The highest BCUT2D eigenvalue weighted by molar-refractivity contribution is 6.30. The Morgan fingerprint density at radius 3 is 2.57 bits per heavy atom. The van der Waals surface area contributed by atoms with Crippen LogP contribution < -0.4 is 10.1 Å². The minimum atomic E-state index is -0.594. The Morgan fingerprint density at radius 1 is 1.14 bits per heavy atom. The fourth-order valence-corrected chi connectivity index (χ4v) is 3.52. The molecule has 0 aromatic heterocycles. The van der Waals surface area contributed by atoms with Crippen LogP contribution in [0.15, 0.2) is 54.6 Å². The number of hydrogen-bond acceptors (Lipinski definition) is 3. The molecule has 5 nitrogen and oxygen atoms in total. The van der Waals surface area contributed by atoms with Crippen molar-refractivity contribution in [3.05, 3.63) is 65.2 Å². The maximum absolute atomic E-state index is 12.8. The third-order valence-electron chi connectivity index (χ3n) is 5.07. The molecular weight excluding hydrogens is 376 g/mol. The number of carbonyl (C=O) groups excluding carboxylic acids is 2. The Hall–Kier alpha value is -2.53. The third kappa shape index (κ3) is 5.26. The highest BCUT2D eigenvalue weighted by atomic mass is 35.5. The lowest BCUT2D eigenvalue weighted by molar-refractivity contribution is -0.142. The van der Waals surface area contributed by atoms with Crippen LogP contribution in [0.4, 0.5) is 0 Å². The topological polar surface area (TPSA) is 58.6 Å². The first kappa shape index (κ1) is 20.2. The number of likely N-dealkylation sites (tertiary alicyclic amines) is 1. The number of carbonyl (C=O) groups is 2. The van der Waals surface area contributed by atoms with Gasteiger partial charge in [-0.15, -0.1) is 0 Å². The Morgan fingerprint density at radius 2 is 1.86 bits per heavy atom.